The summed E-state index contributed by atoms with van der Waals surface area (Å²) in [5.74, 6) is 0. The molecule has 0 unspecified atom stereocenters. The van der Waals surface area contributed by atoms with Gasteiger partial charge in [-0.25, -0.2) is 0 Å². The van der Waals surface area contributed by atoms with Crippen LogP contribution in [0.3, 0.4) is 0 Å². The summed E-state index contributed by atoms with van der Waals surface area (Å²) in [6.45, 7) is 0. The van der Waals surface area contributed by atoms with Crippen LogP contribution in [0, 0.1) is 7.18 Å². The predicted molar refractivity (Wildman–Crippen MR) is 12.2 cm³/mol. The van der Waals surface area contributed by atoms with Crippen molar-refractivity contribution < 1.29 is 21.4 Å². The summed E-state index contributed by atoms with van der Waals surface area (Å²) in [5.41, 5.74) is 0. The molecule has 0 bridgehead atoms. The van der Waals surface area contributed by atoms with E-state index in [0.717, 1.165) is 0 Å². The van der Waals surface area contributed by atoms with Gasteiger partial charge < -0.3 is 21.4 Å². The Balaban J connectivity index is -0.00000000500. The van der Waals surface area contributed by atoms with Crippen molar-refractivity contribution in [3.8, 4) is 0 Å². The maximum atomic E-state index is 9.25. The third-order valence-electron chi connectivity index (χ3n) is 0. The Labute approximate surface area is 51.7 Å². The average Bonchev–Trinajstić information content (AvgIpc) is 1.00. The maximum Gasteiger partial charge on any atom is 2.00 e. The van der Waals surface area contributed by atoms with Crippen LogP contribution < -0.4 is 17.0 Å². The molecule has 0 aromatic heterocycles. The Morgan fingerprint density at radius 1 is 1.25 bits per heavy atom. The van der Waals surface area contributed by atoms with Crippen molar-refractivity contribution in [2.75, 3.05) is 0 Å². The fourth-order valence-corrected chi connectivity index (χ4v) is 0. The Morgan fingerprint density at radius 2 is 1.25 bits per heavy atom. The fourth-order valence-electron chi connectivity index (χ4n) is 0. The fraction of sp³-hybridized carbons (Fsp3) is 0. The topological polar surface area (TPSA) is 0 Å². The molecule has 0 aromatic rings. The third-order valence-corrected chi connectivity index (χ3v) is 0. The van der Waals surface area contributed by atoms with Crippen molar-refractivity contribution >= 4 is 23.1 Å². The minimum absolute atomic E-state index is 0. The van der Waals surface area contributed by atoms with E-state index in [-0.39, 0.29) is 40.0 Å². The van der Waals surface area contributed by atoms with E-state index in [1.54, 1.807) is 7.18 Å². The van der Waals surface area contributed by atoms with Crippen LogP contribution in [0.1, 0.15) is 0 Å². The second kappa shape index (κ2) is 30.5. The van der Waals surface area contributed by atoms with E-state index in [4.69, 9.17) is 0 Å². The Kier molecular flexibility index (Phi) is 145. The summed E-state index contributed by atoms with van der Waals surface area (Å²) in [6.07, 6.45) is 0. The van der Waals surface area contributed by atoms with Crippen LogP contribution >= 0.6 is 0 Å². The van der Waals surface area contributed by atoms with Crippen LogP contribution in [0.2, 0.25) is 0 Å². The monoisotopic (exact) mass is 136 g/mol. The van der Waals surface area contributed by atoms with Crippen LogP contribution in [0.4, 0.5) is 4.39 Å². The molecule has 0 heterocycles. The summed E-state index contributed by atoms with van der Waals surface area (Å²) in [7, 11) is 1.75. The van der Waals surface area contributed by atoms with Gasteiger partial charge in [-0.3, -0.25) is 0 Å². The second-order valence-corrected chi connectivity index (χ2v) is 0. The van der Waals surface area contributed by atoms with Crippen LogP contribution in [0.15, 0.2) is 0 Å². The molecule has 0 aromatic carbocycles. The van der Waals surface area contributed by atoms with E-state index < -0.39 is 0 Å². The molecule has 22 valence electrons. The molecule has 0 aliphatic heterocycles. The van der Waals surface area contributed by atoms with Crippen molar-refractivity contribution in [1.29, 1.82) is 0 Å². The van der Waals surface area contributed by atoms with E-state index in [1.807, 2.05) is 0 Å². The molecule has 0 spiro atoms. The maximum absolute atomic E-state index is 9.25. The molecule has 0 amide bonds. The first-order chi connectivity index (χ1) is 1.00. The van der Waals surface area contributed by atoms with Gasteiger partial charge in [0.05, 0.1) is 0 Å². The van der Waals surface area contributed by atoms with Gasteiger partial charge in [0, 0.05) is 0 Å². The predicted octanol–water partition coefficient (Wildman–Crippen LogP) is -2.63. The van der Waals surface area contributed by atoms with Crippen molar-refractivity contribution in [3.63, 3.8) is 0 Å². The van der Waals surface area contributed by atoms with Gasteiger partial charge in [-0.05, 0) is 0 Å². The second-order valence-electron chi connectivity index (χ2n) is 0. The van der Waals surface area contributed by atoms with Gasteiger partial charge in [-0.2, -0.15) is 7.18 Å². The van der Waals surface area contributed by atoms with Crippen molar-refractivity contribution in [2.24, 2.45) is 0 Å². The first-order valence-corrected chi connectivity index (χ1v) is 0.267. The molecule has 0 fully saturated rings. The first kappa shape index (κ1) is 19.1. The standard InChI is InChI=1S/CH2F.BrH.Mg/c1-2;;/h1H2;1H;/q-1;;+2/p-1. The molecule has 0 N–H and O–H groups in total. The summed E-state index contributed by atoms with van der Waals surface area (Å²) in [4.78, 5) is 0. The van der Waals surface area contributed by atoms with Gasteiger partial charge in [-0.1, -0.05) is 0 Å². The molecule has 3 heteroatoms. The molecule has 0 rings (SSSR count). The number of hydrogen-bond donors (Lipinski definition) is 0. The molecule has 0 nitrogen and oxygen atoms in total. The normalized spacial score (nSPS) is 1.50. The molecule has 4 heavy (non-hydrogen) atoms. The van der Waals surface area contributed by atoms with Crippen molar-refractivity contribution in [3.05, 3.63) is 7.18 Å². The van der Waals surface area contributed by atoms with Crippen molar-refractivity contribution in [1.82, 2.24) is 0 Å². The van der Waals surface area contributed by atoms with Gasteiger partial charge in [0.1, 0.15) is 0 Å². The summed E-state index contributed by atoms with van der Waals surface area (Å²) >= 11 is 0. The van der Waals surface area contributed by atoms with Crippen LogP contribution in [0.25, 0.3) is 0 Å². The number of hydrogen-bond acceptors (Lipinski definition) is 0. The van der Waals surface area contributed by atoms with Crippen LogP contribution in [-0.2, 0) is 0 Å². The molecular formula is CH2BrFMg. The third kappa shape index (κ3) is 10.9. The van der Waals surface area contributed by atoms with E-state index in [2.05, 4.69) is 0 Å². The van der Waals surface area contributed by atoms with E-state index in [0.29, 0.717) is 0 Å². The Hall–Kier alpha value is 1.18. The summed E-state index contributed by atoms with van der Waals surface area (Å²) in [6, 6.07) is 0. The van der Waals surface area contributed by atoms with Crippen LogP contribution in [0.5, 0.6) is 0 Å². The molecule has 0 aliphatic rings. The van der Waals surface area contributed by atoms with Crippen molar-refractivity contribution in [2.45, 2.75) is 0 Å². The van der Waals surface area contributed by atoms with Gasteiger partial charge in [0.2, 0.25) is 0 Å². The summed E-state index contributed by atoms with van der Waals surface area (Å²) < 4.78 is 9.25. The molecule has 0 saturated carbocycles. The van der Waals surface area contributed by atoms with Gasteiger partial charge in [0.25, 0.3) is 0 Å². The number of halogens is 2. The van der Waals surface area contributed by atoms with Gasteiger partial charge in [0.15, 0.2) is 0 Å². The Bertz CT molecular complexity index is 8.00. The smallest absolute Gasteiger partial charge is 1.00 e. The van der Waals surface area contributed by atoms with Gasteiger partial charge in [-0.15, -0.1) is 0 Å². The zero-order valence-corrected chi connectivity index (χ0v) is 5.17. The quantitative estimate of drug-likeness (QED) is 0.253. The molecule has 0 atom stereocenters. The zero-order valence-electron chi connectivity index (χ0n) is 2.17. The van der Waals surface area contributed by atoms with E-state index in [9.17, 15) is 4.39 Å². The van der Waals surface area contributed by atoms with E-state index >= 15 is 0 Å². The molecule has 0 saturated heterocycles. The van der Waals surface area contributed by atoms with Crippen LogP contribution in [-0.4, -0.2) is 23.1 Å². The minimum atomic E-state index is 0. The first-order valence-electron chi connectivity index (χ1n) is 0.267. The molecular weight excluding hydrogens is 135 g/mol. The Morgan fingerprint density at radius 3 is 1.25 bits per heavy atom. The van der Waals surface area contributed by atoms with E-state index in [1.165, 1.54) is 0 Å². The number of rotatable bonds is 0. The summed E-state index contributed by atoms with van der Waals surface area (Å²) in [5, 5.41) is 0. The minimum Gasteiger partial charge on any atom is -1.00 e. The van der Waals surface area contributed by atoms with Gasteiger partial charge >= 0.3 is 23.1 Å². The molecule has 0 radical (unpaired) electrons. The largest absolute Gasteiger partial charge is 2.00 e. The average molecular weight is 137 g/mol. The molecule has 0 aliphatic carbocycles. The SMILES string of the molecule is [Br-].[CH2-]F.[Mg+2]. The zero-order chi connectivity index (χ0) is 2.00.